The zero-order valence-corrected chi connectivity index (χ0v) is 20.7. The first kappa shape index (κ1) is 25.4. The molecule has 0 atom stereocenters. The Morgan fingerprint density at radius 3 is 2.47 bits per heavy atom. The van der Waals surface area contributed by atoms with Crippen LogP contribution in [0.25, 0.3) is 0 Å². The highest BCUT2D eigenvalue weighted by molar-refractivity contribution is 14.0. The van der Waals surface area contributed by atoms with E-state index >= 15 is 0 Å². The Morgan fingerprint density at radius 2 is 1.77 bits per heavy atom. The maximum Gasteiger partial charge on any atom is 0.191 e. The molecule has 30 heavy (non-hydrogen) atoms. The molecule has 1 aromatic rings. The zero-order chi connectivity index (χ0) is 20.2. The molecule has 0 amide bonds. The van der Waals surface area contributed by atoms with Crippen molar-refractivity contribution in [1.82, 2.24) is 15.5 Å². The van der Waals surface area contributed by atoms with E-state index in [4.69, 9.17) is 9.47 Å². The molecule has 0 bridgehead atoms. The van der Waals surface area contributed by atoms with Crippen LogP contribution < -0.4 is 10.6 Å². The lowest BCUT2D eigenvalue weighted by Crippen LogP contribution is -2.40. The summed E-state index contributed by atoms with van der Waals surface area (Å²) in [6.45, 7) is 7.42. The minimum atomic E-state index is 0. The van der Waals surface area contributed by atoms with Crippen LogP contribution in [0.5, 0.6) is 0 Å². The number of hydrogen-bond donors (Lipinski definition) is 2. The highest BCUT2D eigenvalue weighted by Crippen LogP contribution is 2.28. The summed E-state index contributed by atoms with van der Waals surface area (Å²) in [6, 6.07) is 10.7. The smallest absolute Gasteiger partial charge is 0.191 e. The van der Waals surface area contributed by atoms with Crippen LogP contribution in [0.4, 0.5) is 0 Å². The second-order valence-electron chi connectivity index (χ2n) is 8.13. The lowest BCUT2D eigenvalue weighted by atomic mass is 10.1. The van der Waals surface area contributed by atoms with Crippen LogP contribution in [0.2, 0.25) is 0 Å². The van der Waals surface area contributed by atoms with Gasteiger partial charge < -0.3 is 20.1 Å². The molecule has 0 unspecified atom stereocenters. The van der Waals surface area contributed by atoms with Gasteiger partial charge in [-0.2, -0.15) is 0 Å². The number of guanidine groups is 1. The predicted octanol–water partition coefficient (Wildman–Crippen LogP) is 3.27. The molecule has 1 saturated heterocycles. The summed E-state index contributed by atoms with van der Waals surface area (Å²) in [6.07, 6.45) is 6.33. The van der Waals surface area contributed by atoms with Gasteiger partial charge >= 0.3 is 0 Å². The van der Waals surface area contributed by atoms with Crippen molar-refractivity contribution in [3.63, 3.8) is 0 Å². The second kappa shape index (κ2) is 15.0. The van der Waals surface area contributed by atoms with Crippen molar-refractivity contribution < 1.29 is 9.47 Å². The topological polar surface area (TPSA) is 58.1 Å². The number of piperidine rings is 1. The molecule has 7 heteroatoms. The van der Waals surface area contributed by atoms with Gasteiger partial charge in [-0.15, -0.1) is 24.0 Å². The highest BCUT2D eigenvalue weighted by atomic mass is 127. The maximum absolute atomic E-state index is 6.09. The molecule has 6 nitrogen and oxygen atoms in total. The molecule has 0 radical (unpaired) electrons. The first-order valence-corrected chi connectivity index (χ1v) is 11.2. The van der Waals surface area contributed by atoms with Crippen LogP contribution in [0.15, 0.2) is 35.3 Å². The van der Waals surface area contributed by atoms with E-state index in [0.29, 0.717) is 6.10 Å². The molecule has 2 fully saturated rings. The lowest BCUT2D eigenvalue weighted by Gasteiger charge is -2.32. The third-order valence-electron chi connectivity index (χ3n) is 5.56. The number of nitrogens with one attached hydrogen (secondary N) is 2. The molecule has 1 aliphatic heterocycles. The summed E-state index contributed by atoms with van der Waals surface area (Å²) in [5, 5.41) is 6.64. The third-order valence-corrected chi connectivity index (χ3v) is 5.56. The van der Waals surface area contributed by atoms with Gasteiger partial charge in [0.2, 0.25) is 0 Å². The first-order chi connectivity index (χ1) is 14.3. The second-order valence-corrected chi connectivity index (χ2v) is 8.13. The summed E-state index contributed by atoms with van der Waals surface area (Å²) in [5.41, 5.74) is 1.40. The molecule has 1 aliphatic carbocycles. The number of likely N-dealkylation sites (tertiary alicyclic amines) is 1. The Morgan fingerprint density at radius 1 is 1.03 bits per heavy atom. The largest absolute Gasteiger partial charge is 0.379 e. The minimum Gasteiger partial charge on any atom is -0.379 e. The quantitative estimate of drug-likeness (QED) is 0.188. The highest BCUT2D eigenvalue weighted by Gasteiger charge is 2.21. The van der Waals surface area contributed by atoms with E-state index < -0.39 is 0 Å². The van der Waals surface area contributed by atoms with E-state index in [0.717, 1.165) is 83.7 Å². The number of halogens is 1. The fourth-order valence-corrected chi connectivity index (χ4v) is 3.60. The Bertz CT molecular complexity index is 590. The Hall–Kier alpha value is -0.900. The molecule has 3 rings (SSSR count). The van der Waals surface area contributed by atoms with Gasteiger partial charge in [0.1, 0.15) is 0 Å². The zero-order valence-electron chi connectivity index (χ0n) is 18.4. The van der Waals surface area contributed by atoms with Crippen molar-refractivity contribution in [3.8, 4) is 0 Å². The van der Waals surface area contributed by atoms with E-state index in [1.165, 1.54) is 18.4 Å². The molecule has 170 valence electrons. The number of hydrogen-bond acceptors (Lipinski definition) is 4. The summed E-state index contributed by atoms with van der Waals surface area (Å²) in [7, 11) is 1.81. The summed E-state index contributed by atoms with van der Waals surface area (Å²) < 4.78 is 11.7. The van der Waals surface area contributed by atoms with Gasteiger partial charge in [0.05, 0.1) is 12.7 Å². The number of rotatable bonds is 12. The van der Waals surface area contributed by atoms with Gasteiger partial charge in [-0.1, -0.05) is 30.3 Å². The monoisotopic (exact) mass is 530 g/mol. The lowest BCUT2D eigenvalue weighted by molar-refractivity contribution is 0.00534. The van der Waals surface area contributed by atoms with E-state index in [9.17, 15) is 0 Å². The predicted molar refractivity (Wildman–Crippen MR) is 134 cm³/mol. The van der Waals surface area contributed by atoms with E-state index in [2.05, 4.69) is 50.9 Å². The Kier molecular flexibility index (Phi) is 12.7. The molecular weight excluding hydrogens is 491 g/mol. The van der Waals surface area contributed by atoms with Crippen molar-refractivity contribution in [2.24, 2.45) is 10.9 Å². The van der Waals surface area contributed by atoms with Crippen LogP contribution in [-0.4, -0.2) is 70.0 Å². The number of ether oxygens (including phenoxy) is 2. The van der Waals surface area contributed by atoms with Crippen LogP contribution >= 0.6 is 24.0 Å². The van der Waals surface area contributed by atoms with Gasteiger partial charge in [0, 0.05) is 53.0 Å². The Balaban J connectivity index is 0.00000320. The molecule has 1 heterocycles. The summed E-state index contributed by atoms with van der Waals surface area (Å²) >= 11 is 0. The SMILES string of the molecule is CN=C(NCCCOC1CCN(Cc2ccccc2)CC1)NCCOCC1CC1.I. The normalized spacial score (nSPS) is 18.1. The van der Waals surface area contributed by atoms with Crippen molar-refractivity contribution in [1.29, 1.82) is 0 Å². The van der Waals surface area contributed by atoms with Crippen LogP contribution in [0, 0.1) is 5.92 Å². The number of nitrogens with zero attached hydrogens (tertiary/aromatic N) is 2. The van der Waals surface area contributed by atoms with Crippen LogP contribution in [0.1, 0.15) is 37.7 Å². The van der Waals surface area contributed by atoms with Gasteiger partial charge in [-0.05, 0) is 43.6 Å². The van der Waals surface area contributed by atoms with Gasteiger partial charge in [-0.25, -0.2) is 0 Å². The van der Waals surface area contributed by atoms with Crippen molar-refractivity contribution in [2.45, 2.75) is 44.8 Å². The first-order valence-electron chi connectivity index (χ1n) is 11.2. The molecular formula is C23H39IN4O2. The van der Waals surface area contributed by atoms with Crippen LogP contribution in [-0.2, 0) is 16.0 Å². The fourth-order valence-electron chi connectivity index (χ4n) is 3.60. The standard InChI is InChI=1S/C23H38N4O2.HI/c1-24-23(26-13-17-28-19-21-8-9-21)25-12-5-16-29-22-10-14-27(15-11-22)18-20-6-3-2-4-7-20;/h2-4,6-7,21-22H,5,8-19H2,1H3,(H2,24,25,26);1H. The molecule has 0 aromatic heterocycles. The summed E-state index contributed by atoms with van der Waals surface area (Å²) in [4.78, 5) is 6.78. The Labute approximate surface area is 199 Å². The number of aliphatic imine (C=N–C) groups is 1. The van der Waals surface area contributed by atoms with Crippen molar-refractivity contribution in [2.75, 3.05) is 53.0 Å². The van der Waals surface area contributed by atoms with E-state index in [1.54, 1.807) is 7.05 Å². The van der Waals surface area contributed by atoms with E-state index in [1.807, 2.05) is 0 Å². The fraction of sp³-hybridized carbons (Fsp3) is 0.696. The molecule has 2 N–H and O–H groups in total. The van der Waals surface area contributed by atoms with Gasteiger partial charge in [-0.3, -0.25) is 9.89 Å². The molecule has 2 aliphatic rings. The van der Waals surface area contributed by atoms with Crippen molar-refractivity contribution in [3.05, 3.63) is 35.9 Å². The maximum atomic E-state index is 6.09. The third kappa shape index (κ3) is 10.4. The van der Waals surface area contributed by atoms with E-state index in [-0.39, 0.29) is 24.0 Å². The van der Waals surface area contributed by atoms with Crippen molar-refractivity contribution >= 4 is 29.9 Å². The molecule has 1 saturated carbocycles. The average Bonchev–Trinajstić information content (AvgIpc) is 3.58. The molecule has 1 aromatic carbocycles. The van der Waals surface area contributed by atoms with Gasteiger partial charge in [0.25, 0.3) is 0 Å². The minimum absolute atomic E-state index is 0. The molecule has 0 spiro atoms. The van der Waals surface area contributed by atoms with Gasteiger partial charge in [0.15, 0.2) is 5.96 Å². The number of benzene rings is 1. The average molecular weight is 530 g/mol. The van der Waals surface area contributed by atoms with Crippen LogP contribution in [0.3, 0.4) is 0 Å². The summed E-state index contributed by atoms with van der Waals surface area (Å²) in [5.74, 6) is 1.66.